The normalized spacial score (nSPS) is 22.8. The van der Waals surface area contributed by atoms with Gasteiger partial charge in [-0.2, -0.15) is 0 Å². The summed E-state index contributed by atoms with van der Waals surface area (Å²) in [6.45, 7) is 3.65. The van der Waals surface area contributed by atoms with Crippen molar-refractivity contribution in [2.24, 2.45) is 11.7 Å². The highest BCUT2D eigenvalue weighted by molar-refractivity contribution is 6.05. The first-order valence-corrected chi connectivity index (χ1v) is 7.82. The Morgan fingerprint density at radius 1 is 1.29 bits per heavy atom. The van der Waals surface area contributed by atoms with E-state index in [1.54, 1.807) is 0 Å². The average molecular weight is 290 g/mol. The maximum Gasteiger partial charge on any atom is 0.234 e. The van der Waals surface area contributed by atoms with Gasteiger partial charge in [0.05, 0.1) is 11.1 Å². The second-order valence-corrected chi connectivity index (χ2v) is 6.93. The highest BCUT2D eigenvalue weighted by Crippen LogP contribution is 2.42. The van der Waals surface area contributed by atoms with Gasteiger partial charge in [-0.1, -0.05) is 25.3 Å². The van der Waals surface area contributed by atoms with Gasteiger partial charge < -0.3 is 11.1 Å². The average Bonchev–Trinajstić information content (AvgIpc) is 2.71. The van der Waals surface area contributed by atoms with Gasteiger partial charge in [0.1, 0.15) is 5.82 Å². The number of anilines is 1. The lowest BCUT2D eigenvalue weighted by atomic mass is 9.79. The van der Waals surface area contributed by atoms with Crippen LogP contribution in [0.25, 0.3) is 0 Å². The van der Waals surface area contributed by atoms with Crippen molar-refractivity contribution in [3.63, 3.8) is 0 Å². The van der Waals surface area contributed by atoms with Gasteiger partial charge in [0.15, 0.2) is 0 Å². The Morgan fingerprint density at radius 2 is 1.95 bits per heavy atom. The molecule has 0 radical (unpaired) electrons. The van der Waals surface area contributed by atoms with Gasteiger partial charge in [-0.25, -0.2) is 4.39 Å². The Balaban J connectivity index is 1.97. The van der Waals surface area contributed by atoms with E-state index in [2.05, 4.69) is 5.32 Å². The highest BCUT2D eigenvalue weighted by Gasteiger charge is 2.40. The molecule has 1 aliphatic heterocycles. The lowest BCUT2D eigenvalue weighted by molar-refractivity contribution is -0.119. The topological polar surface area (TPSA) is 55.1 Å². The summed E-state index contributed by atoms with van der Waals surface area (Å²) in [5.41, 5.74) is 7.56. The van der Waals surface area contributed by atoms with Gasteiger partial charge in [0.2, 0.25) is 5.91 Å². The van der Waals surface area contributed by atoms with Crippen molar-refractivity contribution in [1.82, 2.24) is 0 Å². The molecule has 4 heteroatoms. The summed E-state index contributed by atoms with van der Waals surface area (Å²) < 4.78 is 14.3. The number of nitrogens with one attached hydrogen (secondary N) is 1. The fourth-order valence-electron chi connectivity index (χ4n) is 3.60. The fraction of sp³-hybridized carbons (Fsp3) is 0.588. The van der Waals surface area contributed by atoms with Crippen LogP contribution < -0.4 is 11.1 Å². The molecule has 3 nitrogen and oxygen atoms in total. The molecule has 0 bridgehead atoms. The number of nitrogens with two attached hydrogens (primary N) is 1. The third kappa shape index (κ3) is 2.35. The summed E-state index contributed by atoms with van der Waals surface area (Å²) in [5, 5.41) is 2.65. The fourth-order valence-corrected chi connectivity index (χ4v) is 3.60. The zero-order valence-electron chi connectivity index (χ0n) is 12.7. The van der Waals surface area contributed by atoms with E-state index >= 15 is 0 Å². The summed E-state index contributed by atoms with van der Waals surface area (Å²) in [4.78, 5) is 12.0. The predicted molar refractivity (Wildman–Crippen MR) is 81.6 cm³/mol. The van der Waals surface area contributed by atoms with Gasteiger partial charge in [0.25, 0.3) is 0 Å². The number of amides is 1. The maximum absolute atomic E-state index is 14.3. The van der Waals surface area contributed by atoms with Gasteiger partial charge in [-0.05, 0) is 49.8 Å². The standard InChI is InChI=1S/C17H23FN2O/c1-17(2)12-8-11(9-13(18)15(12)20-16(17)21)14(19)10-6-4-3-5-7-10/h8-10,14H,3-7,19H2,1-2H3,(H,20,21). The molecule has 1 aromatic carbocycles. The second kappa shape index (κ2) is 5.09. The molecular formula is C17H23FN2O. The lowest BCUT2D eigenvalue weighted by Gasteiger charge is -2.28. The minimum Gasteiger partial charge on any atom is -0.324 e. The molecule has 1 aromatic rings. The van der Waals surface area contributed by atoms with E-state index in [1.807, 2.05) is 19.9 Å². The summed E-state index contributed by atoms with van der Waals surface area (Å²) in [5.74, 6) is -0.100. The van der Waals surface area contributed by atoms with Crippen molar-refractivity contribution in [1.29, 1.82) is 0 Å². The van der Waals surface area contributed by atoms with Crippen molar-refractivity contribution in [2.75, 3.05) is 5.32 Å². The van der Waals surface area contributed by atoms with E-state index in [1.165, 1.54) is 25.3 Å². The zero-order valence-corrected chi connectivity index (χ0v) is 12.7. The number of halogens is 1. The number of hydrogen-bond donors (Lipinski definition) is 2. The van der Waals surface area contributed by atoms with Crippen molar-refractivity contribution in [2.45, 2.75) is 57.4 Å². The van der Waals surface area contributed by atoms with Gasteiger partial charge in [0, 0.05) is 6.04 Å². The van der Waals surface area contributed by atoms with Crippen LogP contribution in [0.5, 0.6) is 0 Å². The van der Waals surface area contributed by atoms with Crippen LogP contribution in [0.3, 0.4) is 0 Å². The number of hydrogen-bond acceptors (Lipinski definition) is 2. The maximum atomic E-state index is 14.3. The van der Waals surface area contributed by atoms with Crippen molar-refractivity contribution >= 4 is 11.6 Å². The number of benzene rings is 1. The van der Waals surface area contributed by atoms with Crippen LogP contribution in [-0.4, -0.2) is 5.91 Å². The van der Waals surface area contributed by atoms with E-state index in [4.69, 9.17) is 5.73 Å². The second-order valence-electron chi connectivity index (χ2n) is 6.93. The van der Waals surface area contributed by atoms with Gasteiger partial charge in [-0.15, -0.1) is 0 Å². The van der Waals surface area contributed by atoms with Gasteiger partial charge >= 0.3 is 0 Å². The third-order valence-corrected chi connectivity index (χ3v) is 5.13. The summed E-state index contributed by atoms with van der Waals surface area (Å²) in [6, 6.07) is 3.28. The minimum atomic E-state index is -0.696. The Kier molecular flexibility index (Phi) is 3.52. The lowest BCUT2D eigenvalue weighted by Crippen LogP contribution is -2.27. The largest absolute Gasteiger partial charge is 0.324 e. The molecule has 0 saturated heterocycles. The molecule has 1 amide bonds. The van der Waals surface area contributed by atoms with Crippen molar-refractivity contribution < 1.29 is 9.18 Å². The molecule has 1 atom stereocenters. The molecule has 1 fully saturated rings. The number of carbonyl (C=O) groups is 1. The Labute approximate surface area is 125 Å². The van der Waals surface area contributed by atoms with E-state index < -0.39 is 5.41 Å². The van der Waals surface area contributed by atoms with Crippen LogP contribution in [-0.2, 0) is 10.2 Å². The molecule has 0 spiro atoms. The Morgan fingerprint density at radius 3 is 2.62 bits per heavy atom. The van der Waals surface area contributed by atoms with E-state index in [0.29, 0.717) is 11.6 Å². The first-order chi connectivity index (χ1) is 9.91. The molecule has 3 N–H and O–H groups in total. The zero-order chi connectivity index (χ0) is 15.2. The molecule has 1 aliphatic carbocycles. The minimum absolute atomic E-state index is 0.142. The number of fused-ring (bicyclic) bond motifs is 1. The van der Waals surface area contributed by atoms with Gasteiger partial charge in [-0.3, -0.25) is 4.79 Å². The predicted octanol–water partition coefficient (Wildman–Crippen LogP) is 3.64. The smallest absolute Gasteiger partial charge is 0.234 e. The monoisotopic (exact) mass is 290 g/mol. The van der Waals surface area contributed by atoms with Crippen molar-refractivity contribution in [3.8, 4) is 0 Å². The third-order valence-electron chi connectivity index (χ3n) is 5.13. The molecule has 0 aromatic heterocycles. The molecular weight excluding hydrogens is 267 g/mol. The van der Waals surface area contributed by atoms with Crippen molar-refractivity contribution in [3.05, 3.63) is 29.1 Å². The Bertz CT molecular complexity index is 576. The molecule has 1 unspecified atom stereocenters. The van der Waals surface area contributed by atoms with Crippen LogP contribution in [0.1, 0.15) is 63.1 Å². The summed E-state index contributed by atoms with van der Waals surface area (Å²) >= 11 is 0. The van der Waals surface area contributed by atoms with Crippen LogP contribution in [0.15, 0.2) is 12.1 Å². The first kappa shape index (κ1) is 14.5. The SMILES string of the molecule is CC1(C)C(=O)Nc2c(F)cc(C(N)C3CCCCC3)cc21. The quantitative estimate of drug-likeness (QED) is 0.873. The van der Waals surface area contributed by atoms with E-state index in [0.717, 1.165) is 24.0 Å². The Hall–Kier alpha value is -1.42. The highest BCUT2D eigenvalue weighted by atomic mass is 19.1. The molecule has 21 heavy (non-hydrogen) atoms. The van der Waals surface area contributed by atoms with E-state index in [9.17, 15) is 9.18 Å². The number of carbonyl (C=O) groups excluding carboxylic acids is 1. The number of rotatable bonds is 2. The molecule has 2 aliphatic rings. The van der Waals surface area contributed by atoms with Crippen LogP contribution in [0.2, 0.25) is 0 Å². The molecule has 114 valence electrons. The molecule has 1 heterocycles. The molecule has 1 saturated carbocycles. The van der Waals surface area contributed by atoms with Crippen LogP contribution in [0, 0.1) is 11.7 Å². The van der Waals surface area contributed by atoms with Crippen LogP contribution in [0.4, 0.5) is 10.1 Å². The van der Waals surface area contributed by atoms with Crippen LogP contribution >= 0.6 is 0 Å². The summed E-state index contributed by atoms with van der Waals surface area (Å²) in [6.07, 6.45) is 5.91. The summed E-state index contributed by atoms with van der Waals surface area (Å²) in [7, 11) is 0. The molecule has 3 rings (SSSR count). The van der Waals surface area contributed by atoms with E-state index in [-0.39, 0.29) is 17.8 Å². The first-order valence-electron chi connectivity index (χ1n) is 7.82.